The summed E-state index contributed by atoms with van der Waals surface area (Å²) in [4.78, 5) is 44.4. The summed E-state index contributed by atoms with van der Waals surface area (Å²) in [6.07, 6.45) is 2.77. The van der Waals surface area contributed by atoms with E-state index in [-0.39, 0.29) is 36.5 Å². The van der Waals surface area contributed by atoms with Crippen LogP contribution in [0.3, 0.4) is 0 Å². The lowest BCUT2D eigenvalue weighted by atomic mass is 9.74. The lowest BCUT2D eigenvalue weighted by Crippen LogP contribution is -2.58. The van der Waals surface area contributed by atoms with Gasteiger partial charge in [-0.3, -0.25) is 14.5 Å². The van der Waals surface area contributed by atoms with Crippen molar-refractivity contribution < 1.29 is 23.2 Å². The summed E-state index contributed by atoms with van der Waals surface area (Å²) in [5.41, 5.74) is 0.254. The SMILES string of the molecule is Cc1ccoc1C(=O)N1CCC([C@@]2(Cc3cccc(F)c3)NC(=O)N(CCN(C)C)C2=O)CC1. The van der Waals surface area contributed by atoms with Crippen LogP contribution in [0.4, 0.5) is 9.18 Å². The molecule has 8 nitrogen and oxygen atoms in total. The van der Waals surface area contributed by atoms with Crippen LogP contribution in [-0.4, -0.2) is 78.4 Å². The van der Waals surface area contributed by atoms with Crippen LogP contribution in [0.5, 0.6) is 0 Å². The van der Waals surface area contributed by atoms with E-state index >= 15 is 0 Å². The van der Waals surface area contributed by atoms with Crippen molar-refractivity contribution in [1.29, 1.82) is 0 Å². The number of likely N-dealkylation sites (tertiary alicyclic amines) is 1. The van der Waals surface area contributed by atoms with Gasteiger partial charge in [0.15, 0.2) is 5.76 Å². The highest BCUT2D eigenvalue weighted by Gasteiger charge is 2.56. The summed E-state index contributed by atoms with van der Waals surface area (Å²) in [7, 11) is 3.76. The zero-order valence-corrected chi connectivity index (χ0v) is 19.8. The van der Waals surface area contributed by atoms with Gasteiger partial charge in [-0.15, -0.1) is 0 Å². The molecule has 1 atom stereocenters. The van der Waals surface area contributed by atoms with Crippen molar-refractivity contribution in [3.63, 3.8) is 0 Å². The van der Waals surface area contributed by atoms with E-state index < -0.39 is 11.6 Å². The largest absolute Gasteiger partial charge is 0.459 e. The molecule has 0 unspecified atom stereocenters. The first kappa shape index (κ1) is 23.9. The van der Waals surface area contributed by atoms with Crippen molar-refractivity contribution in [3.8, 4) is 0 Å². The van der Waals surface area contributed by atoms with Crippen molar-refractivity contribution in [1.82, 2.24) is 20.0 Å². The van der Waals surface area contributed by atoms with Crippen LogP contribution in [0, 0.1) is 18.7 Å². The number of urea groups is 1. The van der Waals surface area contributed by atoms with E-state index in [0.717, 1.165) is 5.56 Å². The van der Waals surface area contributed by atoms with E-state index in [2.05, 4.69) is 5.32 Å². The first-order chi connectivity index (χ1) is 16.2. The molecule has 182 valence electrons. The predicted molar refractivity (Wildman–Crippen MR) is 124 cm³/mol. The molecule has 3 heterocycles. The van der Waals surface area contributed by atoms with Gasteiger partial charge in [0.05, 0.1) is 6.26 Å². The second kappa shape index (κ2) is 9.58. The van der Waals surface area contributed by atoms with E-state index in [0.29, 0.717) is 43.8 Å². The zero-order valence-electron chi connectivity index (χ0n) is 19.8. The minimum Gasteiger partial charge on any atom is -0.459 e. The number of rotatable bonds is 7. The Bertz CT molecular complexity index is 1080. The maximum absolute atomic E-state index is 13.9. The molecule has 4 rings (SSSR count). The number of furan rings is 1. The average molecular weight is 471 g/mol. The van der Waals surface area contributed by atoms with Crippen LogP contribution in [0.2, 0.25) is 0 Å². The lowest BCUT2D eigenvalue weighted by molar-refractivity contribution is -0.134. The number of likely N-dealkylation sites (N-methyl/N-ethyl adjacent to an activating group) is 1. The lowest BCUT2D eigenvalue weighted by Gasteiger charge is -2.41. The Hall–Kier alpha value is -3.20. The predicted octanol–water partition coefficient (Wildman–Crippen LogP) is 2.67. The maximum Gasteiger partial charge on any atom is 0.325 e. The van der Waals surface area contributed by atoms with Gasteiger partial charge in [-0.1, -0.05) is 12.1 Å². The number of amides is 4. The number of carbonyl (C=O) groups excluding carboxylic acids is 3. The highest BCUT2D eigenvalue weighted by molar-refractivity contribution is 6.07. The molecule has 4 amide bonds. The molecule has 2 fully saturated rings. The van der Waals surface area contributed by atoms with Crippen LogP contribution < -0.4 is 5.32 Å². The Morgan fingerprint density at radius 1 is 1.24 bits per heavy atom. The molecular weight excluding hydrogens is 439 g/mol. The molecule has 2 aliphatic rings. The summed E-state index contributed by atoms with van der Waals surface area (Å²) < 4.78 is 19.3. The summed E-state index contributed by atoms with van der Waals surface area (Å²) in [6, 6.07) is 7.47. The van der Waals surface area contributed by atoms with Crippen LogP contribution >= 0.6 is 0 Å². The fourth-order valence-corrected chi connectivity index (χ4v) is 4.97. The molecule has 9 heteroatoms. The summed E-state index contributed by atoms with van der Waals surface area (Å²) >= 11 is 0. The monoisotopic (exact) mass is 470 g/mol. The first-order valence-corrected chi connectivity index (χ1v) is 11.6. The number of hydrogen-bond donors (Lipinski definition) is 1. The molecule has 0 spiro atoms. The van der Waals surface area contributed by atoms with Gasteiger partial charge >= 0.3 is 6.03 Å². The van der Waals surface area contributed by atoms with Gasteiger partial charge in [-0.25, -0.2) is 9.18 Å². The highest BCUT2D eigenvalue weighted by Crippen LogP contribution is 2.37. The fourth-order valence-electron chi connectivity index (χ4n) is 4.97. The van der Waals surface area contributed by atoms with Gasteiger partial charge in [0, 0.05) is 38.2 Å². The molecule has 0 radical (unpaired) electrons. The van der Waals surface area contributed by atoms with Crippen molar-refractivity contribution in [2.24, 2.45) is 5.92 Å². The fraction of sp³-hybridized carbons (Fsp3) is 0.480. The Balaban J connectivity index is 1.57. The Morgan fingerprint density at radius 2 is 1.97 bits per heavy atom. The van der Waals surface area contributed by atoms with E-state index in [9.17, 15) is 18.8 Å². The zero-order chi connectivity index (χ0) is 24.5. The molecule has 2 aliphatic heterocycles. The molecule has 0 saturated carbocycles. The van der Waals surface area contributed by atoms with Crippen LogP contribution in [0.15, 0.2) is 41.0 Å². The van der Waals surface area contributed by atoms with E-state index in [1.165, 1.54) is 23.3 Å². The number of piperidine rings is 1. The third-order valence-corrected chi connectivity index (χ3v) is 6.88. The summed E-state index contributed by atoms with van der Waals surface area (Å²) in [6.45, 7) is 3.53. The summed E-state index contributed by atoms with van der Waals surface area (Å²) in [5.74, 6) is -0.709. The number of benzene rings is 1. The molecule has 1 N–H and O–H groups in total. The average Bonchev–Trinajstić information content (AvgIpc) is 3.33. The molecule has 34 heavy (non-hydrogen) atoms. The van der Waals surface area contributed by atoms with Gasteiger partial charge in [-0.05, 0) is 63.5 Å². The van der Waals surface area contributed by atoms with Crippen molar-refractivity contribution in [2.45, 2.75) is 31.7 Å². The van der Waals surface area contributed by atoms with Crippen LogP contribution in [0.1, 0.15) is 34.5 Å². The van der Waals surface area contributed by atoms with E-state index in [1.807, 2.05) is 25.9 Å². The Labute approximate surface area is 198 Å². The quantitative estimate of drug-likeness (QED) is 0.629. The number of halogens is 1. The number of nitrogens with one attached hydrogen (secondary N) is 1. The maximum atomic E-state index is 13.9. The molecule has 2 saturated heterocycles. The number of hydrogen-bond acceptors (Lipinski definition) is 5. The Kier molecular flexibility index (Phi) is 6.74. The molecular formula is C25H31FN4O4. The highest BCUT2D eigenvalue weighted by atomic mass is 19.1. The minimum atomic E-state index is -1.17. The number of imide groups is 1. The van der Waals surface area contributed by atoms with Crippen molar-refractivity contribution >= 4 is 17.8 Å². The second-order valence-electron chi connectivity index (χ2n) is 9.47. The van der Waals surface area contributed by atoms with E-state index in [1.54, 1.807) is 23.1 Å². The Morgan fingerprint density at radius 3 is 2.59 bits per heavy atom. The smallest absolute Gasteiger partial charge is 0.325 e. The first-order valence-electron chi connectivity index (χ1n) is 11.6. The molecule has 1 aromatic heterocycles. The number of nitrogens with zero attached hydrogens (tertiary/aromatic N) is 3. The third-order valence-electron chi connectivity index (χ3n) is 6.88. The standard InChI is InChI=1S/C25H31FN4O4/c1-17-9-14-34-21(17)22(31)29-10-7-19(8-11-29)25(16-18-5-4-6-20(26)15-18)23(32)30(24(33)27-25)13-12-28(2)3/h4-6,9,14-15,19H,7-8,10-13,16H2,1-3H3,(H,27,33)/t25-/m1/s1. The van der Waals surface area contributed by atoms with Gasteiger partial charge in [0.2, 0.25) is 0 Å². The molecule has 0 bridgehead atoms. The molecule has 0 aliphatic carbocycles. The molecule has 1 aromatic carbocycles. The third kappa shape index (κ3) is 4.57. The van der Waals surface area contributed by atoms with Crippen molar-refractivity contribution in [2.75, 3.05) is 40.3 Å². The normalized spacial score (nSPS) is 21.4. The van der Waals surface area contributed by atoms with Crippen molar-refractivity contribution in [3.05, 3.63) is 59.3 Å². The summed E-state index contributed by atoms with van der Waals surface area (Å²) in [5, 5.41) is 2.98. The molecule has 2 aromatic rings. The number of carbonyl (C=O) groups is 3. The van der Waals surface area contributed by atoms with Crippen LogP contribution in [-0.2, 0) is 11.2 Å². The number of aryl methyl sites for hydroxylation is 1. The van der Waals surface area contributed by atoms with Gasteiger partial charge < -0.3 is 19.5 Å². The van der Waals surface area contributed by atoms with E-state index in [4.69, 9.17) is 4.42 Å². The van der Waals surface area contributed by atoms with Gasteiger partial charge in [0.25, 0.3) is 11.8 Å². The van der Waals surface area contributed by atoms with Crippen LogP contribution in [0.25, 0.3) is 0 Å². The van der Waals surface area contributed by atoms with Gasteiger partial charge in [-0.2, -0.15) is 0 Å². The second-order valence-corrected chi connectivity index (χ2v) is 9.47. The topological polar surface area (TPSA) is 86.1 Å². The van der Waals surface area contributed by atoms with Gasteiger partial charge in [0.1, 0.15) is 11.4 Å². The minimum absolute atomic E-state index is 0.172.